The van der Waals surface area contributed by atoms with Gasteiger partial charge in [0.25, 0.3) is 0 Å². The van der Waals surface area contributed by atoms with Crippen LogP contribution in [0, 0.1) is 12.3 Å². The molecule has 0 aliphatic carbocycles. The lowest BCUT2D eigenvalue weighted by atomic mass is 10.1. The van der Waals surface area contributed by atoms with E-state index in [2.05, 4.69) is 11.2 Å². The summed E-state index contributed by atoms with van der Waals surface area (Å²) >= 11 is 0. The maximum absolute atomic E-state index is 11.8. The molecule has 0 radical (unpaired) electrons. The molecule has 0 bridgehead atoms. The first-order chi connectivity index (χ1) is 9.58. The maximum Gasteiger partial charge on any atom is 0.337 e. The van der Waals surface area contributed by atoms with Crippen LogP contribution in [0.25, 0.3) is 0 Å². The highest BCUT2D eigenvalue weighted by Crippen LogP contribution is 2.23. The van der Waals surface area contributed by atoms with Crippen LogP contribution in [0.5, 0.6) is 5.75 Å². The molecule has 0 saturated heterocycles. The van der Waals surface area contributed by atoms with Crippen molar-refractivity contribution in [3.8, 4) is 18.1 Å². The van der Waals surface area contributed by atoms with E-state index in [4.69, 9.17) is 16.3 Å². The number of carbonyl (C=O) groups is 2. The first-order valence-corrected chi connectivity index (χ1v) is 6.23. The number of amides is 1. The standard InChI is InChI=1S/C15H17NO4/c1-3-4-5-6-7-14(17)16-13-10-11(20-2)8-9-12(13)15(18)19/h1,8-10H,4-7H2,2H3,(H,16,17)(H,18,19). The highest BCUT2D eigenvalue weighted by Gasteiger charge is 2.13. The Kier molecular flexibility index (Phi) is 6.11. The molecule has 0 spiro atoms. The first-order valence-electron chi connectivity index (χ1n) is 6.23. The minimum atomic E-state index is -1.10. The molecule has 0 saturated carbocycles. The number of carboxylic acid groups (broad SMARTS) is 1. The fourth-order valence-corrected chi connectivity index (χ4v) is 1.67. The molecule has 5 nitrogen and oxygen atoms in total. The second-order valence-electron chi connectivity index (χ2n) is 4.18. The smallest absolute Gasteiger partial charge is 0.337 e. The molecule has 0 aliphatic rings. The number of benzene rings is 1. The predicted molar refractivity (Wildman–Crippen MR) is 75.9 cm³/mol. The number of nitrogens with one attached hydrogen (secondary N) is 1. The van der Waals surface area contributed by atoms with Gasteiger partial charge in [0, 0.05) is 18.9 Å². The molecule has 1 aromatic carbocycles. The maximum atomic E-state index is 11.8. The van der Waals surface area contributed by atoms with E-state index in [-0.39, 0.29) is 17.2 Å². The van der Waals surface area contributed by atoms with Crippen LogP contribution in [0.3, 0.4) is 0 Å². The SMILES string of the molecule is C#CCCCCC(=O)Nc1cc(OC)ccc1C(=O)O. The summed E-state index contributed by atoms with van der Waals surface area (Å²) in [5.74, 6) is 1.65. The van der Waals surface area contributed by atoms with Crippen LogP contribution in [-0.2, 0) is 4.79 Å². The van der Waals surface area contributed by atoms with Gasteiger partial charge in [-0.25, -0.2) is 4.79 Å². The van der Waals surface area contributed by atoms with E-state index < -0.39 is 5.97 Å². The van der Waals surface area contributed by atoms with Crippen molar-refractivity contribution < 1.29 is 19.4 Å². The fourth-order valence-electron chi connectivity index (χ4n) is 1.67. The van der Waals surface area contributed by atoms with Gasteiger partial charge in [-0.2, -0.15) is 0 Å². The number of rotatable bonds is 7. The molecular weight excluding hydrogens is 258 g/mol. The number of carbonyl (C=O) groups excluding carboxylic acids is 1. The third-order valence-electron chi connectivity index (χ3n) is 2.71. The van der Waals surface area contributed by atoms with E-state index in [0.29, 0.717) is 25.0 Å². The van der Waals surface area contributed by atoms with Gasteiger partial charge in [-0.3, -0.25) is 4.79 Å². The van der Waals surface area contributed by atoms with Crippen LogP contribution in [0.2, 0.25) is 0 Å². The molecule has 0 atom stereocenters. The number of ether oxygens (including phenoxy) is 1. The second kappa shape index (κ2) is 7.85. The largest absolute Gasteiger partial charge is 0.497 e. The van der Waals surface area contributed by atoms with Gasteiger partial charge >= 0.3 is 5.97 Å². The molecule has 106 valence electrons. The Morgan fingerprint density at radius 2 is 2.15 bits per heavy atom. The summed E-state index contributed by atoms with van der Waals surface area (Å²) in [6.45, 7) is 0. The molecule has 1 aromatic rings. The van der Waals surface area contributed by atoms with Gasteiger partial charge in [-0.1, -0.05) is 0 Å². The average Bonchev–Trinajstić information content (AvgIpc) is 2.43. The molecule has 0 unspecified atom stereocenters. The van der Waals surface area contributed by atoms with E-state index in [0.717, 1.165) is 6.42 Å². The summed E-state index contributed by atoms with van der Waals surface area (Å²) < 4.78 is 5.02. The molecule has 0 aliphatic heterocycles. The third-order valence-corrected chi connectivity index (χ3v) is 2.71. The van der Waals surface area contributed by atoms with E-state index in [9.17, 15) is 9.59 Å². The molecule has 20 heavy (non-hydrogen) atoms. The summed E-state index contributed by atoms with van der Waals surface area (Å²) in [6, 6.07) is 4.42. The number of terminal acetylenes is 1. The van der Waals surface area contributed by atoms with Crippen molar-refractivity contribution in [3.63, 3.8) is 0 Å². The second-order valence-corrected chi connectivity index (χ2v) is 4.18. The van der Waals surface area contributed by atoms with Crippen molar-refractivity contribution in [1.29, 1.82) is 0 Å². The van der Waals surface area contributed by atoms with Crippen LogP contribution in [0.4, 0.5) is 5.69 Å². The summed E-state index contributed by atoms with van der Waals surface area (Å²) in [5, 5.41) is 11.7. The lowest BCUT2D eigenvalue weighted by molar-refractivity contribution is -0.116. The molecule has 0 heterocycles. The van der Waals surface area contributed by atoms with E-state index in [1.807, 2.05) is 0 Å². The van der Waals surface area contributed by atoms with Crippen molar-refractivity contribution in [2.75, 3.05) is 12.4 Å². The predicted octanol–water partition coefficient (Wildman–Crippen LogP) is 2.53. The van der Waals surface area contributed by atoms with Crippen LogP contribution >= 0.6 is 0 Å². The van der Waals surface area contributed by atoms with Gasteiger partial charge in [-0.05, 0) is 25.0 Å². The van der Waals surface area contributed by atoms with E-state index >= 15 is 0 Å². The quantitative estimate of drug-likeness (QED) is 0.592. The summed E-state index contributed by atoms with van der Waals surface area (Å²) in [4.78, 5) is 22.8. The normalized spacial score (nSPS) is 9.60. The topological polar surface area (TPSA) is 75.6 Å². The Bertz CT molecular complexity index is 531. The summed E-state index contributed by atoms with van der Waals surface area (Å²) in [7, 11) is 1.47. The van der Waals surface area contributed by atoms with Crippen LogP contribution < -0.4 is 10.1 Å². The lowest BCUT2D eigenvalue weighted by Crippen LogP contribution is -2.14. The van der Waals surface area contributed by atoms with Crippen LogP contribution in [0.1, 0.15) is 36.0 Å². The van der Waals surface area contributed by atoms with Crippen molar-refractivity contribution >= 4 is 17.6 Å². The van der Waals surface area contributed by atoms with Crippen molar-refractivity contribution in [1.82, 2.24) is 0 Å². The Hall–Kier alpha value is -2.48. The summed E-state index contributed by atoms with van der Waals surface area (Å²) in [5.41, 5.74) is 0.265. The van der Waals surface area contributed by atoms with Crippen molar-refractivity contribution in [2.45, 2.75) is 25.7 Å². The average molecular weight is 275 g/mol. The summed E-state index contributed by atoms with van der Waals surface area (Å²) in [6.07, 6.45) is 7.50. The van der Waals surface area contributed by atoms with Gasteiger partial charge in [-0.15, -0.1) is 12.3 Å². The number of hydrogen-bond donors (Lipinski definition) is 2. The number of unbranched alkanes of at least 4 members (excludes halogenated alkanes) is 2. The fraction of sp³-hybridized carbons (Fsp3) is 0.333. The Morgan fingerprint density at radius 1 is 1.40 bits per heavy atom. The molecule has 0 fully saturated rings. The zero-order valence-corrected chi connectivity index (χ0v) is 11.3. The molecule has 5 heteroatoms. The van der Waals surface area contributed by atoms with Crippen molar-refractivity contribution in [3.05, 3.63) is 23.8 Å². The highest BCUT2D eigenvalue weighted by atomic mass is 16.5. The van der Waals surface area contributed by atoms with E-state index in [1.54, 1.807) is 0 Å². The van der Waals surface area contributed by atoms with Gasteiger partial charge in [0.05, 0.1) is 18.4 Å². The molecule has 1 rings (SSSR count). The van der Waals surface area contributed by atoms with E-state index in [1.165, 1.54) is 25.3 Å². The zero-order chi connectivity index (χ0) is 15.0. The number of carboxylic acids is 1. The minimum Gasteiger partial charge on any atom is -0.497 e. The van der Waals surface area contributed by atoms with Crippen LogP contribution in [-0.4, -0.2) is 24.1 Å². The number of aromatic carboxylic acids is 1. The highest BCUT2D eigenvalue weighted by molar-refractivity contribution is 6.00. The first kappa shape index (κ1) is 15.6. The number of hydrogen-bond acceptors (Lipinski definition) is 3. The van der Waals surface area contributed by atoms with Gasteiger partial charge in [0.2, 0.25) is 5.91 Å². The van der Waals surface area contributed by atoms with Gasteiger partial charge in [0.15, 0.2) is 0 Å². The van der Waals surface area contributed by atoms with Crippen molar-refractivity contribution in [2.24, 2.45) is 0 Å². The monoisotopic (exact) mass is 275 g/mol. The Labute approximate surface area is 117 Å². The minimum absolute atomic E-state index is 0.0303. The lowest BCUT2D eigenvalue weighted by Gasteiger charge is -2.10. The molecule has 1 amide bonds. The number of methoxy groups -OCH3 is 1. The molecular formula is C15H17NO4. The number of anilines is 1. The third kappa shape index (κ3) is 4.65. The van der Waals surface area contributed by atoms with Gasteiger partial charge < -0.3 is 15.2 Å². The molecule has 2 N–H and O–H groups in total. The Balaban J connectivity index is 2.72. The Morgan fingerprint density at radius 3 is 2.75 bits per heavy atom. The van der Waals surface area contributed by atoms with Gasteiger partial charge in [0.1, 0.15) is 5.75 Å². The zero-order valence-electron chi connectivity index (χ0n) is 11.3. The van der Waals surface area contributed by atoms with Crippen LogP contribution in [0.15, 0.2) is 18.2 Å². The molecule has 0 aromatic heterocycles.